The third kappa shape index (κ3) is 5.03. The summed E-state index contributed by atoms with van der Waals surface area (Å²) in [7, 11) is 0. The van der Waals surface area contributed by atoms with Gasteiger partial charge in [-0.3, -0.25) is 10.4 Å². The molecular weight excluding hydrogens is 318 g/mol. The molecule has 1 aromatic heterocycles. The first-order chi connectivity index (χ1) is 12.2. The Morgan fingerprint density at radius 1 is 1.40 bits per heavy atom. The van der Waals surface area contributed by atoms with E-state index in [1.807, 2.05) is 30.3 Å². The Morgan fingerprint density at radius 3 is 3.04 bits per heavy atom. The minimum atomic E-state index is -0.171. The molecule has 0 radical (unpaired) electrons. The second kappa shape index (κ2) is 8.62. The Balaban J connectivity index is 1.49. The lowest BCUT2D eigenvalue weighted by atomic mass is 10.1. The minimum Gasteiger partial charge on any atom is -0.372 e. The van der Waals surface area contributed by atoms with E-state index in [-0.39, 0.29) is 12.1 Å². The van der Waals surface area contributed by atoms with Gasteiger partial charge in [0, 0.05) is 19.5 Å². The van der Waals surface area contributed by atoms with E-state index in [4.69, 9.17) is 4.74 Å². The highest BCUT2D eigenvalue weighted by Gasteiger charge is 2.25. The summed E-state index contributed by atoms with van der Waals surface area (Å²) in [5, 5.41) is 9.64. The van der Waals surface area contributed by atoms with Gasteiger partial charge < -0.3 is 9.64 Å². The molecule has 7 nitrogen and oxygen atoms in total. The zero-order valence-electron chi connectivity index (χ0n) is 14.6. The Labute approximate surface area is 147 Å². The lowest BCUT2D eigenvalue weighted by Gasteiger charge is -2.32. The standard InChI is InChI=1S/C18H25N5O2/c1-2-7-16-19-17(22-21-16)20-18(24)23-11-6-10-15(12-23)25-13-14-8-4-3-5-9-14/h3-5,8-9,15H,2,6-7,10-13H2,1H3,(H2,19,20,21,22,24)/t15-/m0/s1. The van der Waals surface area contributed by atoms with Gasteiger partial charge in [0.25, 0.3) is 0 Å². The van der Waals surface area contributed by atoms with E-state index in [0.29, 0.717) is 19.1 Å². The number of nitrogens with one attached hydrogen (secondary N) is 2. The van der Waals surface area contributed by atoms with Gasteiger partial charge in [-0.1, -0.05) is 37.3 Å². The minimum absolute atomic E-state index is 0.0579. The number of hydrogen-bond donors (Lipinski definition) is 2. The van der Waals surface area contributed by atoms with Crippen molar-refractivity contribution in [2.45, 2.75) is 45.3 Å². The number of carbonyl (C=O) groups excluding carboxylic acids is 1. The fraction of sp³-hybridized carbons (Fsp3) is 0.500. The zero-order valence-corrected chi connectivity index (χ0v) is 14.6. The van der Waals surface area contributed by atoms with Crippen molar-refractivity contribution in [3.8, 4) is 0 Å². The maximum Gasteiger partial charge on any atom is 0.324 e. The molecule has 7 heteroatoms. The number of piperidine rings is 1. The average Bonchev–Trinajstić information content (AvgIpc) is 3.08. The molecule has 1 atom stereocenters. The second-order valence-corrected chi connectivity index (χ2v) is 6.29. The van der Waals surface area contributed by atoms with Crippen LogP contribution in [0.4, 0.5) is 10.7 Å². The number of urea groups is 1. The molecule has 0 spiro atoms. The van der Waals surface area contributed by atoms with Crippen LogP contribution >= 0.6 is 0 Å². The van der Waals surface area contributed by atoms with Crippen LogP contribution < -0.4 is 5.32 Å². The molecule has 1 aliphatic heterocycles. The van der Waals surface area contributed by atoms with Crippen LogP contribution in [0.15, 0.2) is 30.3 Å². The molecule has 0 aliphatic carbocycles. The van der Waals surface area contributed by atoms with E-state index >= 15 is 0 Å². The molecule has 2 aromatic rings. The molecule has 0 bridgehead atoms. The smallest absolute Gasteiger partial charge is 0.324 e. The van der Waals surface area contributed by atoms with Crippen molar-refractivity contribution in [2.75, 3.05) is 18.4 Å². The van der Waals surface area contributed by atoms with Crippen LogP contribution in [-0.2, 0) is 17.8 Å². The molecule has 2 amide bonds. The highest BCUT2D eigenvalue weighted by atomic mass is 16.5. The third-order valence-electron chi connectivity index (χ3n) is 4.23. The number of amides is 2. The third-order valence-corrected chi connectivity index (χ3v) is 4.23. The maximum atomic E-state index is 12.4. The molecule has 134 valence electrons. The quantitative estimate of drug-likeness (QED) is 0.845. The van der Waals surface area contributed by atoms with Gasteiger partial charge in [0.2, 0.25) is 5.95 Å². The molecule has 2 heterocycles. The summed E-state index contributed by atoms with van der Waals surface area (Å²) in [4.78, 5) is 18.5. The molecule has 1 saturated heterocycles. The SMILES string of the molecule is CCCc1nc(NC(=O)N2CCC[C@H](OCc3ccccc3)C2)n[nH]1. The summed E-state index contributed by atoms with van der Waals surface area (Å²) >= 11 is 0. The lowest BCUT2D eigenvalue weighted by molar-refractivity contribution is 0.00100. The number of aromatic nitrogens is 3. The predicted octanol–water partition coefficient (Wildman–Crippen LogP) is 2.97. The van der Waals surface area contributed by atoms with Crippen molar-refractivity contribution < 1.29 is 9.53 Å². The largest absolute Gasteiger partial charge is 0.372 e. The summed E-state index contributed by atoms with van der Waals surface area (Å²) in [6.45, 7) is 3.96. The number of nitrogens with zero attached hydrogens (tertiary/aromatic N) is 3. The van der Waals surface area contributed by atoms with Gasteiger partial charge >= 0.3 is 6.03 Å². The summed E-state index contributed by atoms with van der Waals surface area (Å²) in [5.41, 5.74) is 1.15. The molecular formula is C18H25N5O2. The fourth-order valence-electron chi connectivity index (χ4n) is 2.92. The summed E-state index contributed by atoms with van der Waals surface area (Å²) in [5.74, 6) is 1.13. The molecule has 0 saturated carbocycles. The first-order valence-corrected chi connectivity index (χ1v) is 8.87. The number of ether oxygens (including phenoxy) is 1. The van der Waals surface area contributed by atoms with E-state index in [1.165, 1.54) is 0 Å². The number of aromatic amines is 1. The first kappa shape index (κ1) is 17.4. The van der Waals surface area contributed by atoms with Crippen molar-refractivity contribution in [1.82, 2.24) is 20.1 Å². The predicted molar refractivity (Wildman–Crippen MR) is 95.2 cm³/mol. The highest BCUT2D eigenvalue weighted by Crippen LogP contribution is 2.16. The lowest BCUT2D eigenvalue weighted by Crippen LogP contribution is -2.45. The Kier molecular flexibility index (Phi) is 6.00. The van der Waals surface area contributed by atoms with Crippen molar-refractivity contribution in [3.05, 3.63) is 41.7 Å². The van der Waals surface area contributed by atoms with Crippen molar-refractivity contribution >= 4 is 12.0 Å². The molecule has 1 aromatic carbocycles. The fourth-order valence-corrected chi connectivity index (χ4v) is 2.92. The summed E-state index contributed by atoms with van der Waals surface area (Å²) in [6.07, 6.45) is 3.76. The number of hydrogen-bond acceptors (Lipinski definition) is 4. The van der Waals surface area contributed by atoms with Gasteiger partial charge in [0.15, 0.2) is 0 Å². The van der Waals surface area contributed by atoms with Crippen molar-refractivity contribution in [1.29, 1.82) is 0 Å². The van der Waals surface area contributed by atoms with E-state index in [0.717, 1.165) is 43.6 Å². The maximum absolute atomic E-state index is 12.4. The van der Waals surface area contributed by atoms with Gasteiger partial charge in [-0.05, 0) is 24.8 Å². The first-order valence-electron chi connectivity index (χ1n) is 8.87. The number of benzene rings is 1. The number of anilines is 1. The summed E-state index contributed by atoms with van der Waals surface area (Å²) in [6, 6.07) is 9.92. The topological polar surface area (TPSA) is 83.1 Å². The molecule has 25 heavy (non-hydrogen) atoms. The highest BCUT2D eigenvalue weighted by molar-refractivity contribution is 5.87. The number of likely N-dealkylation sites (tertiary alicyclic amines) is 1. The van der Waals surface area contributed by atoms with Gasteiger partial charge in [0.05, 0.1) is 12.7 Å². The number of rotatable bonds is 6. The number of carbonyl (C=O) groups is 1. The van der Waals surface area contributed by atoms with Crippen LogP contribution in [0.5, 0.6) is 0 Å². The Bertz CT molecular complexity index is 673. The molecule has 0 unspecified atom stereocenters. The van der Waals surface area contributed by atoms with Crippen LogP contribution in [-0.4, -0.2) is 45.3 Å². The van der Waals surface area contributed by atoms with Crippen LogP contribution in [0.3, 0.4) is 0 Å². The van der Waals surface area contributed by atoms with E-state index < -0.39 is 0 Å². The zero-order chi connectivity index (χ0) is 17.5. The van der Waals surface area contributed by atoms with Crippen LogP contribution in [0.1, 0.15) is 37.6 Å². The molecule has 1 fully saturated rings. The Morgan fingerprint density at radius 2 is 2.24 bits per heavy atom. The van der Waals surface area contributed by atoms with Gasteiger partial charge in [-0.15, -0.1) is 5.10 Å². The number of H-pyrrole nitrogens is 1. The number of aryl methyl sites for hydroxylation is 1. The normalized spacial score (nSPS) is 17.5. The van der Waals surface area contributed by atoms with Gasteiger partial charge in [0.1, 0.15) is 5.82 Å². The van der Waals surface area contributed by atoms with Crippen LogP contribution in [0.2, 0.25) is 0 Å². The molecule has 2 N–H and O–H groups in total. The van der Waals surface area contributed by atoms with Crippen LogP contribution in [0, 0.1) is 0 Å². The average molecular weight is 343 g/mol. The second-order valence-electron chi connectivity index (χ2n) is 6.29. The van der Waals surface area contributed by atoms with Crippen molar-refractivity contribution in [2.24, 2.45) is 0 Å². The van der Waals surface area contributed by atoms with Crippen molar-refractivity contribution in [3.63, 3.8) is 0 Å². The summed E-state index contributed by atoms with van der Waals surface area (Å²) < 4.78 is 5.98. The van der Waals surface area contributed by atoms with Crippen LogP contribution in [0.25, 0.3) is 0 Å². The molecule has 3 rings (SSSR count). The van der Waals surface area contributed by atoms with E-state index in [2.05, 4.69) is 27.4 Å². The van der Waals surface area contributed by atoms with E-state index in [9.17, 15) is 4.79 Å². The molecule has 1 aliphatic rings. The Hall–Kier alpha value is -2.41. The van der Waals surface area contributed by atoms with Gasteiger partial charge in [-0.2, -0.15) is 4.98 Å². The van der Waals surface area contributed by atoms with Gasteiger partial charge in [-0.25, -0.2) is 4.79 Å². The van der Waals surface area contributed by atoms with E-state index in [1.54, 1.807) is 4.90 Å². The monoisotopic (exact) mass is 343 g/mol.